The standard InChI is InChI=1S/C13H17N5O/c19-13-17-16-12-5-11(15-7-18(12)13)14-6-10-4-8-1-2-9(10)3-8/h5,7-10,14H,1-4,6H2,(H,17,19). The maximum absolute atomic E-state index is 11.3. The van der Waals surface area contributed by atoms with Crippen LogP contribution >= 0.6 is 0 Å². The molecule has 19 heavy (non-hydrogen) atoms. The first-order valence-electron chi connectivity index (χ1n) is 6.96. The average molecular weight is 259 g/mol. The van der Waals surface area contributed by atoms with Crippen LogP contribution in [0.3, 0.4) is 0 Å². The number of nitrogens with zero attached hydrogens (tertiary/aromatic N) is 3. The number of aromatic nitrogens is 4. The van der Waals surface area contributed by atoms with Gasteiger partial charge in [0.2, 0.25) is 0 Å². The van der Waals surface area contributed by atoms with Gasteiger partial charge in [0.05, 0.1) is 0 Å². The maximum Gasteiger partial charge on any atom is 0.348 e. The third kappa shape index (κ3) is 1.82. The van der Waals surface area contributed by atoms with Crippen LogP contribution in [0.25, 0.3) is 5.65 Å². The fourth-order valence-corrected chi connectivity index (χ4v) is 3.77. The molecule has 2 aliphatic rings. The van der Waals surface area contributed by atoms with Crippen molar-refractivity contribution in [3.8, 4) is 0 Å². The summed E-state index contributed by atoms with van der Waals surface area (Å²) in [6.07, 6.45) is 7.14. The minimum absolute atomic E-state index is 0.248. The van der Waals surface area contributed by atoms with Gasteiger partial charge in [-0.2, -0.15) is 5.10 Å². The number of nitrogens with one attached hydrogen (secondary N) is 2. The molecular weight excluding hydrogens is 242 g/mol. The Labute approximate surface area is 110 Å². The van der Waals surface area contributed by atoms with Crippen LogP contribution in [0, 0.1) is 17.8 Å². The van der Waals surface area contributed by atoms with E-state index in [2.05, 4.69) is 20.5 Å². The van der Waals surface area contributed by atoms with E-state index >= 15 is 0 Å². The normalized spacial score (nSPS) is 29.2. The molecule has 6 nitrogen and oxygen atoms in total. The number of hydrogen-bond donors (Lipinski definition) is 2. The zero-order valence-electron chi connectivity index (χ0n) is 10.7. The summed E-state index contributed by atoms with van der Waals surface area (Å²) in [6, 6.07) is 1.81. The third-order valence-electron chi connectivity index (χ3n) is 4.74. The lowest BCUT2D eigenvalue weighted by molar-refractivity contribution is 0.348. The number of hydrogen-bond acceptors (Lipinski definition) is 4. The van der Waals surface area contributed by atoms with Gasteiger partial charge in [-0.05, 0) is 37.0 Å². The van der Waals surface area contributed by atoms with E-state index in [0.717, 1.165) is 30.1 Å². The Bertz CT molecular complexity index is 660. The van der Waals surface area contributed by atoms with Gasteiger partial charge in [0.25, 0.3) is 0 Å². The zero-order valence-corrected chi connectivity index (χ0v) is 10.7. The molecule has 0 aliphatic heterocycles. The maximum atomic E-state index is 11.3. The third-order valence-corrected chi connectivity index (χ3v) is 4.74. The molecule has 2 aromatic heterocycles. The highest BCUT2D eigenvalue weighted by atomic mass is 16.1. The molecule has 2 aromatic rings. The molecule has 100 valence electrons. The Morgan fingerprint density at radius 1 is 1.42 bits per heavy atom. The average Bonchev–Trinajstić information content (AvgIpc) is 3.12. The quantitative estimate of drug-likeness (QED) is 0.870. The van der Waals surface area contributed by atoms with Crippen LogP contribution in [0.1, 0.15) is 25.7 Å². The summed E-state index contributed by atoms with van der Waals surface area (Å²) in [7, 11) is 0. The van der Waals surface area contributed by atoms with E-state index in [4.69, 9.17) is 0 Å². The Kier molecular flexibility index (Phi) is 2.36. The second-order valence-corrected chi connectivity index (χ2v) is 5.85. The highest BCUT2D eigenvalue weighted by molar-refractivity contribution is 5.48. The number of aromatic amines is 1. The lowest BCUT2D eigenvalue weighted by atomic mass is 9.89. The highest BCUT2D eigenvalue weighted by Crippen LogP contribution is 2.48. The van der Waals surface area contributed by atoms with Crippen LogP contribution in [0.15, 0.2) is 17.2 Å². The van der Waals surface area contributed by atoms with E-state index in [9.17, 15) is 4.79 Å². The highest BCUT2D eigenvalue weighted by Gasteiger charge is 2.39. The van der Waals surface area contributed by atoms with Gasteiger partial charge >= 0.3 is 5.69 Å². The second-order valence-electron chi connectivity index (χ2n) is 5.85. The molecular formula is C13H17N5O. The monoisotopic (exact) mass is 259 g/mol. The molecule has 2 saturated carbocycles. The van der Waals surface area contributed by atoms with Crippen molar-refractivity contribution in [2.75, 3.05) is 11.9 Å². The minimum Gasteiger partial charge on any atom is -0.370 e. The van der Waals surface area contributed by atoms with Crippen molar-refractivity contribution in [3.63, 3.8) is 0 Å². The summed E-state index contributed by atoms with van der Waals surface area (Å²) in [5.41, 5.74) is 0.359. The number of fused-ring (bicyclic) bond motifs is 3. The van der Waals surface area contributed by atoms with Crippen LogP contribution in [-0.4, -0.2) is 26.1 Å². The van der Waals surface area contributed by atoms with Crippen LogP contribution < -0.4 is 11.0 Å². The topological polar surface area (TPSA) is 75.1 Å². The summed E-state index contributed by atoms with van der Waals surface area (Å²) >= 11 is 0. The van der Waals surface area contributed by atoms with Crippen LogP contribution in [0.5, 0.6) is 0 Å². The number of H-pyrrole nitrogens is 1. The SMILES string of the molecule is O=c1[nH]nc2cc(NCC3CC4CCC3C4)ncn12. The molecule has 3 unspecified atom stereocenters. The van der Waals surface area contributed by atoms with Crippen molar-refractivity contribution in [1.29, 1.82) is 0 Å². The van der Waals surface area contributed by atoms with Gasteiger partial charge in [0.1, 0.15) is 12.1 Å². The minimum atomic E-state index is -0.248. The smallest absolute Gasteiger partial charge is 0.348 e. The first-order chi connectivity index (χ1) is 9.29. The molecule has 4 rings (SSSR count). The predicted molar refractivity (Wildman–Crippen MR) is 71.0 cm³/mol. The van der Waals surface area contributed by atoms with Gasteiger partial charge in [-0.25, -0.2) is 19.3 Å². The first-order valence-corrected chi connectivity index (χ1v) is 6.96. The molecule has 2 aliphatic carbocycles. The van der Waals surface area contributed by atoms with Gasteiger partial charge in [-0.15, -0.1) is 0 Å². The summed E-state index contributed by atoms with van der Waals surface area (Å²) in [5.74, 6) is 3.47. The number of anilines is 1. The van der Waals surface area contributed by atoms with Gasteiger partial charge in [0, 0.05) is 12.6 Å². The van der Waals surface area contributed by atoms with E-state index in [-0.39, 0.29) is 5.69 Å². The van der Waals surface area contributed by atoms with E-state index in [1.807, 2.05) is 6.07 Å². The Hall–Kier alpha value is -1.85. The Morgan fingerprint density at radius 2 is 2.37 bits per heavy atom. The molecule has 0 aromatic carbocycles. The fourth-order valence-electron chi connectivity index (χ4n) is 3.77. The largest absolute Gasteiger partial charge is 0.370 e. The lowest BCUT2D eigenvalue weighted by Crippen LogP contribution is -2.20. The summed E-state index contributed by atoms with van der Waals surface area (Å²) in [5, 5.41) is 9.75. The van der Waals surface area contributed by atoms with Crippen molar-refractivity contribution in [3.05, 3.63) is 22.9 Å². The molecule has 6 heteroatoms. The number of rotatable bonds is 3. The Balaban J connectivity index is 1.48. The van der Waals surface area contributed by atoms with Gasteiger partial charge in [-0.1, -0.05) is 6.42 Å². The van der Waals surface area contributed by atoms with Crippen LogP contribution in [-0.2, 0) is 0 Å². The summed E-state index contributed by atoms with van der Waals surface area (Å²) in [4.78, 5) is 15.6. The van der Waals surface area contributed by atoms with Gasteiger partial charge < -0.3 is 5.32 Å². The Morgan fingerprint density at radius 3 is 3.16 bits per heavy atom. The van der Waals surface area contributed by atoms with Crippen molar-refractivity contribution in [2.24, 2.45) is 17.8 Å². The molecule has 3 atom stereocenters. The van der Waals surface area contributed by atoms with E-state index in [0.29, 0.717) is 5.65 Å². The van der Waals surface area contributed by atoms with Crippen molar-refractivity contribution >= 4 is 11.5 Å². The molecule has 0 saturated heterocycles. The molecule has 0 amide bonds. The lowest BCUT2D eigenvalue weighted by Gasteiger charge is -2.21. The zero-order chi connectivity index (χ0) is 12.8. The van der Waals surface area contributed by atoms with Crippen molar-refractivity contribution < 1.29 is 0 Å². The van der Waals surface area contributed by atoms with Gasteiger partial charge in [-0.3, -0.25) is 0 Å². The summed E-state index contributed by atoms with van der Waals surface area (Å²) < 4.78 is 1.41. The van der Waals surface area contributed by atoms with E-state index < -0.39 is 0 Å². The molecule has 0 spiro atoms. The van der Waals surface area contributed by atoms with E-state index in [1.54, 1.807) is 0 Å². The predicted octanol–water partition coefficient (Wildman–Crippen LogP) is 1.27. The molecule has 2 bridgehead atoms. The molecule has 2 heterocycles. The molecule has 0 radical (unpaired) electrons. The van der Waals surface area contributed by atoms with Crippen molar-refractivity contribution in [1.82, 2.24) is 19.6 Å². The van der Waals surface area contributed by atoms with Crippen molar-refractivity contribution in [2.45, 2.75) is 25.7 Å². The molecule has 2 fully saturated rings. The van der Waals surface area contributed by atoms with E-state index in [1.165, 1.54) is 36.4 Å². The fraction of sp³-hybridized carbons (Fsp3) is 0.615. The van der Waals surface area contributed by atoms with Crippen LogP contribution in [0.2, 0.25) is 0 Å². The van der Waals surface area contributed by atoms with Gasteiger partial charge in [0.15, 0.2) is 5.65 Å². The van der Waals surface area contributed by atoms with Crippen LogP contribution in [0.4, 0.5) is 5.82 Å². The molecule has 2 N–H and O–H groups in total. The first kappa shape index (κ1) is 11.0. The summed E-state index contributed by atoms with van der Waals surface area (Å²) in [6.45, 7) is 0.985. The second kappa shape index (κ2) is 4.08.